The molecule has 1 aliphatic carbocycles. The number of rotatable bonds is 8. The predicted molar refractivity (Wildman–Crippen MR) is 82.0 cm³/mol. The topological polar surface area (TPSA) is 58.2 Å². The van der Waals surface area contributed by atoms with Crippen LogP contribution in [0.25, 0.3) is 0 Å². The normalized spacial score (nSPS) is 15.9. The lowest BCUT2D eigenvalue weighted by atomic mass is 10.3. The molecule has 2 N–H and O–H groups in total. The number of hydrogen-bond donors (Lipinski definition) is 2. The van der Waals surface area contributed by atoms with Gasteiger partial charge in [-0.3, -0.25) is 0 Å². The minimum Gasteiger partial charge on any atom is -0.309 e. The van der Waals surface area contributed by atoms with Gasteiger partial charge in [0.25, 0.3) is 0 Å². The third kappa shape index (κ3) is 4.53. The molecular weight excluding hydrogens is 348 g/mol. The standard InChI is InChI=1S/C12H19BrN2O2S2/c1-2-3-6-15-19(16,17)11-7-10(18-12(11)13)8-14-9-4-5-9/h7,9,14-15H,2-6,8H2,1H3. The lowest BCUT2D eigenvalue weighted by Crippen LogP contribution is -2.24. The first-order chi connectivity index (χ1) is 9.03. The molecule has 108 valence electrons. The van der Waals surface area contributed by atoms with Crippen molar-refractivity contribution in [1.29, 1.82) is 0 Å². The van der Waals surface area contributed by atoms with Crippen molar-refractivity contribution >= 4 is 37.3 Å². The molecule has 0 aromatic carbocycles. The molecule has 1 saturated carbocycles. The van der Waals surface area contributed by atoms with Crippen LogP contribution >= 0.6 is 27.3 Å². The van der Waals surface area contributed by atoms with Crippen molar-refractivity contribution in [3.8, 4) is 0 Å². The summed E-state index contributed by atoms with van der Waals surface area (Å²) in [6.45, 7) is 3.28. The summed E-state index contributed by atoms with van der Waals surface area (Å²) in [5, 5.41) is 3.39. The molecule has 4 nitrogen and oxygen atoms in total. The van der Waals surface area contributed by atoms with Crippen LogP contribution in [-0.4, -0.2) is 21.0 Å². The van der Waals surface area contributed by atoms with E-state index in [1.165, 1.54) is 24.2 Å². The van der Waals surface area contributed by atoms with Gasteiger partial charge in [0, 0.05) is 24.0 Å². The fourth-order valence-electron chi connectivity index (χ4n) is 1.66. The van der Waals surface area contributed by atoms with Crippen molar-refractivity contribution in [2.45, 2.75) is 50.1 Å². The zero-order valence-corrected chi connectivity index (χ0v) is 14.1. The molecule has 0 atom stereocenters. The van der Waals surface area contributed by atoms with Gasteiger partial charge in [-0.1, -0.05) is 13.3 Å². The van der Waals surface area contributed by atoms with E-state index in [4.69, 9.17) is 0 Å². The Bertz CT molecular complexity index is 524. The Balaban J connectivity index is 2.01. The van der Waals surface area contributed by atoms with E-state index in [0.717, 1.165) is 24.3 Å². The average molecular weight is 367 g/mol. The molecule has 0 amide bonds. The van der Waals surface area contributed by atoms with Gasteiger partial charge >= 0.3 is 0 Å². The summed E-state index contributed by atoms with van der Waals surface area (Å²) >= 11 is 4.84. The van der Waals surface area contributed by atoms with Crippen molar-refractivity contribution in [3.63, 3.8) is 0 Å². The number of sulfonamides is 1. The van der Waals surface area contributed by atoms with Crippen LogP contribution in [0.2, 0.25) is 0 Å². The Hall–Kier alpha value is 0.0500. The molecule has 0 radical (unpaired) electrons. The SMILES string of the molecule is CCCCNS(=O)(=O)c1cc(CNC2CC2)sc1Br. The van der Waals surface area contributed by atoms with Gasteiger partial charge in [-0.2, -0.15) is 0 Å². The van der Waals surface area contributed by atoms with E-state index in [2.05, 4.69) is 26.0 Å². The van der Waals surface area contributed by atoms with Gasteiger partial charge in [0.2, 0.25) is 10.0 Å². The van der Waals surface area contributed by atoms with Gasteiger partial charge in [0.15, 0.2) is 0 Å². The van der Waals surface area contributed by atoms with Crippen molar-refractivity contribution in [3.05, 3.63) is 14.7 Å². The highest BCUT2D eigenvalue weighted by atomic mass is 79.9. The maximum Gasteiger partial charge on any atom is 0.242 e. The number of hydrogen-bond acceptors (Lipinski definition) is 4. The van der Waals surface area contributed by atoms with Gasteiger partial charge in [-0.05, 0) is 41.3 Å². The Kier molecular flexibility index (Phi) is 5.42. The number of halogens is 1. The van der Waals surface area contributed by atoms with Crippen molar-refractivity contribution in [2.24, 2.45) is 0 Å². The largest absolute Gasteiger partial charge is 0.309 e. The van der Waals surface area contributed by atoms with Gasteiger partial charge in [0.05, 0.1) is 3.79 Å². The number of thiophene rings is 1. The fourth-order valence-corrected chi connectivity index (χ4v) is 5.37. The van der Waals surface area contributed by atoms with Crippen molar-refractivity contribution in [1.82, 2.24) is 10.0 Å². The van der Waals surface area contributed by atoms with Crippen LogP contribution in [0.1, 0.15) is 37.5 Å². The van der Waals surface area contributed by atoms with Crippen LogP contribution in [0.4, 0.5) is 0 Å². The van der Waals surface area contributed by atoms with E-state index in [1.54, 1.807) is 6.07 Å². The van der Waals surface area contributed by atoms with Crippen LogP contribution in [0.5, 0.6) is 0 Å². The summed E-state index contributed by atoms with van der Waals surface area (Å²) in [6.07, 6.45) is 4.30. The Morgan fingerprint density at radius 3 is 2.84 bits per heavy atom. The molecular formula is C12H19BrN2O2S2. The zero-order chi connectivity index (χ0) is 13.9. The maximum absolute atomic E-state index is 12.1. The van der Waals surface area contributed by atoms with E-state index >= 15 is 0 Å². The van der Waals surface area contributed by atoms with Crippen LogP contribution in [0.15, 0.2) is 14.7 Å². The summed E-state index contributed by atoms with van der Waals surface area (Å²) in [4.78, 5) is 1.41. The fraction of sp³-hybridized carbons (Fsp3) is 0.667. The highest BCUT2D eigenvalue weighted by Crippen LogP contribution is 2.32. The second-order valence-corrected chi connectivity index (χ2v) is 8.95. The molecule has 0 unspecified atom stereocenters. The highest BCUT2D eigenvalue weighted by molar-refractivity contribution is 9.11. The quantitative estimate of drug-likeness (QED) is 0.695. The molecule has 0 aliphatic heterocycles. The third-order valence-electron chi connectivity index (χ3n) is 2.96. The number of nitrogens with one attached hydrogen (secondary N) is 2. The Morgan fingerprint density at radius 2 is 2.21 bits per heavy atom. The molecule has 1 aliphatic rings. The molecule has 1 heterocycles. The summed E-state index contributed by atoms with van der Waals surface area (Å²) < 4.78 is 27.6. The summed E-state index contributed by atoms with van der Waals surface area (Å²) in [5.74, 6) is 0. The Labute approximate surface area is 127 Å². The molecule has 1 aromatic rings. The lowest BCUT2D eigenvalue weighted by molar-refractivity contribution is 0.578. The maximum atomic E-state index is 12.1. The molecule has 0 spiro atoms. The molecule has 1 aromatic heterocycles. The van der Waals surface area contributed by atoms with Crippen LogP contribution in [-0.2, 0) is 16.6 Å². The van der Waals surface area contributed by atoms with Crippen LogP contribution < -0.4 is 10.0 Å². The number of unbranched alkanes of at least 4 members (excludes halogenated alkanes) is 1. The minimum atomic E-state index is -3.38. The predicted octanol–water partition coefficient (Wildman–Crippen LogP) is 2.84. The first-order valence-electron chi connectivity index (χ1n) is 6.54. The van der Waals surface area contributed by atoms with Gasteiger partial charge in [-0.25, -0.2) is 13.1 Å². The minimum absolute atomic E-state index is 0.362. The highest BCUT2D eigenvalue weighted by Gasteiger charge is 2.23. The summed E-state index contributed by atoms with van der Waals surface area (Å²) in [7, 11) is -3.38. The smallest absolute Gasteiger partial charge is 0.242 e. The molecule has 19 heavy (non-hydrogen) atoms. The lowest BCUT2D eigenvalue weighted by Gasteiger charge is -2.04. The summed E-state index contributed by atoms with van der Waals surface area (Å²) in [5.41, 5.74) is 0. The first-order valence-corrected chi connectivity index (χ1v) is 9.63. The van der Waals surface area contributed by atoms with Crippen molar-refractivity contribution in [2.75, 3.05) is 6.54 Å². The van der Waals surface area contributed by atoms with Crippen molar-refractivity contribution < 1.29 is 8.42 Å². The van der Waals surface area contributed by atoms with E-state index < -0.39 is 10.0 Å². The average Bonchev–Trinajstić information content (AvgIpc) is 3.09. The van der Waals surface area contributed by atoms with E-state index in [9.17, 15) is 8.42 Å². The molecule has 0 saturated heterocycles. The van der Waals surface area contributed by atoms with Gasteiger partial charge in [0.1, 0.15) is 4.90 Å². The zero-order valence-electron chi connectivity index (χ0n) is 10.9. The summed E-state index contributed by atoms with van der Waals surface area (Å²) in [6, 6.07) is 2.39. The van der Waals surface area contributed by atoms with Gasteiger partial charge in [-0.15, -0.1) is 11.3 Å². The monoisotopic (exact) mass is 366 g/mol. The van der Waals surface area contributed by atoms with E-state index in [1.807, 2.05) is 6.92 Å². The molecule has 1 fully saturated rings. The molecule has 2 rings (SSSR count). The van der Waals surface area contributed by atoms with Gasteiger partial charge < -0.3 is 5.32 Å². The second-order valence-electron chi connectivity index (χ2n) is 4.76. The second kappa shape index (κ2) is 6.67. The first kappa shape index (κ1) is 15.4. The van der Waals surface area contributed by atoms with Crippen LogP contribution in [0, 0.1) is 0 Å². The van der Waals surface area contributed by atoms with E-state index in [0.29, 0.717) is 21.3 Å². The Morgan fingerprint density at radius 1 is 1.47 bits per heavy atom. The molecule has 0 bridgehead atoms. The molecule has 7 heteroatoms. The van der Waals surface area contributed by atoms with E-state index in [-0.39, 0.29) is 0 Å². The van der Waals surface area contributed by atoms with Crippen LogP contribution in [0.3, 0.4) is 0 Å². The third-order valence-corrected chi connectivity index (χ3v) is 6.67.